The maximum Gasteiger partial charge on any atom is 0.224 e. The van der Waals surface area contributed by atoms with Gasteiger partial charge in [-0.05, 0) is 25.2 Å². The average molecular weight is 242 g/mol. The molecule has 17 heavy (non-hydrogen) atoms. The molecule has 0 aromatic rings. The summed E-state index contributed by atoms with van der Waals surface area (Å²) in [6, 6.07) is -0.140. The van der Waals surface area contributed by atoms with E-state index in [1.165, 1.54) is 0 Å². The maximum atomic E-state index is 12.1. The summed E-state index contributed by atoms with van der Waals surface area (Å²) in [6.07, 6.45) is 4.84. The van der Waals surface area contributed by atoms with E-state index in [9.17, 15) is 9.90 Å². The van der Waals surface area contributed by atoms with Crippen molar-refractivity contribution < 1.29 is 9.90 Å². The fourth-order valence-corrected chi connectivity index (χ4v) is 2.54. The van der Waals surface area contributed by atoms with Crippen LogP contribution in [0, 0.1) is 11.8 Å². The van der Waals surface area contributed by atoms with Crippen LogP contribution in [0.3, 0.4) is 0 Å². The standard InChI is InChI=1S/C13H26N2O2/c1-9(2)7-10(8-16)15-13(17)11-5-3-4-6-12(11)14/h9-12,16H,3-8,14H2,1-2H3,(H,15,17). The number of rotatable bonds is 5. The Balaban J connectivity index is 2.45. The molecule has 4 N–H and O–H groups in total. The van der Waals surface area contributed by atoms with Crippen LogP contribution in [0.1, 0.15) is 46.0 Å². The molecule has 100 valence electrons. The topological polar surface area (TPSA) is 75.3 Å². The van der Waals surface area contributed by atoms with E-state index in [4.69, 9.17) is 5.73 Å². The van der Waals surface area contributed by atoms with Crippen LogP contribution in [-0.4, -0.2) is 29.7 Å². The molecule has 1 aliphatic rings. The van der Waals surface area contributed by atoms with Crippen molar-refractivity contribution in [2.45, 2.75) is 58.0 Å². The minimum Gasteiger partial charge on any atom is -0.394 e. The zero-order valence-corrected chi connectivity index (χ0v) is 11.0. The van der Waals surface area contributed by atoms with Gasteiger partial charge in [0.1, 0.15) is 0 Å². The number of nitrogens with one attached hydrogen (secondary N) is 1. The second-order valence-corrected chi connectivity index (χ2v) is 5.57. The number of aliphatic hydroxyl groups excluding tert-OH is 1. The smallest absolute Gasteiger partial charge is 0.224 e. The summed E-state index contributed by atoms with van der Waals surface area (Å²) in [5, 5.41) is 12.2. The van der Waals surface area contributed by atoms with Gasteiger partial charge in [0.15, 0.2) is 0 Å². The molecule has 0 heterocycles. The van der Waals surface area contributed by atoms with Crippen LogP contribution in [0.15, 0.2) is 0 Å². The summed E-state index contributed by atoms with van der Waals surface area (Å²) in [6.45, 7) is 4.17. The molecule has 1 rings (SSSR count). The molecule has 0 bridgehead atoms. The minimum atomic E-state index is -0.128. The van der Waals surface area contributed by atoms with E-state index in [0.717, 1.165) is 32.1 Å². The molecule has 0 saturated heterocycles. The molecule has 0 aliphatic heterocycles. The van der Waals surface area contributed by atoms with E-state index in [-0.39, 0.29) is 30.5 Å². The number of hydrogen-bond acceptors (Lipinski definition) is 3. The molecule has 4 heteroatoms. The van der Waals surface area contributed by atoms with Gasteiger partial charge in [-0.1, -0.05) is 26.7 Å². The van der Waals surface area contributed by atoms with E-state index in [1.54, 1.807) is 0 Å². The van der Waals surface area contributed by atoms with Crippen molar-refractivity contribution in [2.75, 3.05) is 6.61 Å². The quantitative estimate of drug-likeness (QED) is 0.674. The van der Waals surface area contributed by atoms with Crippen LogP contribution in [0.4, 0.5) is 0 Å². The van der Waals surface area contributed by atoms with Gasteiger partial charge in [0.2, 0.25) is 5.91 Å². The number of carbonyl (C=O) groups is 1. The molecule has 3 atom stereocenters. The Morgan fingerprint density at radius 3 is 2.59 bits per heavy atom. The van der Waals surface area contributed by atoms with Crippen molar-refractivity contribution in [3.63, 3.8) is 0 Å². The lowest BCUT2D eigenvalue weighted by molar-refractivity contribution is -0.127. The predicted octanol–water partition coefficient (Wildman–Crippen LogP) is 1.03. The summed E-state index contributed by atoms with van der Waals surface area (Å²) < 4.78 is 0. The predicted molar refractivity (Wildman–Crippen MR) is 68.4 cm³/mol. The Labute approximate surface area is 104 Å². The van der Waals surface area contributed by atoms with Crippen molar-refractivity contribution in [3.05, 3.63) is 0 Å². The third-order valence-electron chi connectivity index (χ3n) is 3.48. The molecule has 0 aromatic heterocycles. The normalized spacial score (nSPS) is 26.9. The number of nitrogens with two attached hydrogens (primary N) is 1. The number of amides is 1. The number of aliphatic hydroxyl groups is 1. The molecule has 0 spiro atoms. The lowest BCUT2D eigenvalue weighted by Gasteiger charge is -2.29. The Morgan fingerprint density at radius 2 is 2.06 bits per heavy atom. The highest BCUT2D eigenvalue weighted by Gasteiger charge is 2.29. The second-order valence-electron chi connectivity index (χ2n) is 5.57. The van der Waals surface area contributed by atoms with Gasteiger partial charge in [0, 0.05) is 6.04 Å². The van der Waals surface area contributed by atoms with Gasteiger partial charge < -0.3 is 16.2 Å². The molecular formula is C13H26N2O2. The first-order valence-electron chi connectivity index (χ1n) is 6.71. The highest BCUT2D eigenvalue weighted by Crippen LogP contribution is 2.23. The third-order valence-corrected chi connectivity index (χ3v) is 3.48. The zero-order valence-electron chi connectivity index (χ0n) is 11.0. The van der Waals surface area contributed by atoms with E-state index >= 15 is 0 Å². The summed E-state index contributed by atoms with van der Waals surface area (Å²) in [7, 11) is 0. The largest absolute Gasteiger partial charge is 0.394 e. The number of carbonyl (C=O) groups excluding carboxylic acids is 1. The molecule has 3 unspecified atom stereocenters. The molecular weight excluding hydrogens is 216 g/mol. The van der Waals surface area contributed by atoms with Crippen molar-refractivity contribution in [2.24, 2.45) is 17.6 Å². The van der Waals surface area contributed by atoms with E-state index in [0.29, 0.717) is 5.92 Å². The Bertz CT molecular complexity index is 244. The summed E-state index contributed by atoms with van der Waals surface area (Å²) in [5.41, 5.74) is 5.97. The van der Waals surface area contributed by atoms with Gasteiger partial charge in [-0.15, -0.1) is 0 Å². The molecule has 0 aromatic carbocycles. The van der Waals surface area contributed by atoms with Crippen molar-refractivity contribution in [1.29, 1.82) is 0 Å². The van der Waals surface area contributed by atoms with Crippen LogP contribution < -0.4 is 11.1 Å². The van der Waals surface area contributed by atoms with Gasteiger partial charge in [0.25, 0.3) is 0 Å². The van der Waals surface area contributed by atoms with Crippen molar-refractivity contribution in [3.8, 4) is 0 Å². The maximum absolute atomic E-state index is 12.1. The lowest BCUT2D eigenvalue weighted by Crippen LogP contribution is -2.48. The Kier molecular flexibility index (Phi) is 5.92. The van der Waals surface area contributed by atoms with Crippen molar-refractivity contribution >= 4 is 5.91 Å². The minimum absolute atomic E-state index is 0.00583. The van der Waals surface area contributed by atoms with Gasteiger partial charge in [0.05, 0.1) is 18.6 Å². The first-order chi connectivity index (χ1) is 8.04. The monoisotopic (exact) mass is 242 g/mol. The molecule has 4 nitrogen and oxygen atoms in total. The summed E-state index contributed by atoms with van der Waals surface area (Å²) in [4.78, 5) is 12.1. The highest BCUT2D eigenvalue weighted by molar-refractivity contribution is 5.79. The molecule has 1 saturated carbocycles. The SMILES string of the molecule is CC(C)CC(CO)NC(=O)C1CCCCC1N. The molecule has 0 radical (unpaired) electrons. The summed E-state index contributed by atoms with van der Waals surface area (Å²) in [5.74, 6) is 0.425. The van der Waals surface area contributed by atoms with E-state index in [2.05, 4.69) is 19.2 Å². The summed E-state index contributed by atoms with van der Waals surface area (Å²) >= 11 is 0. The second kappa shape index (κ2) is 6.97. The Morgan fingerprint density at radius 1 is 1.41 bits per heavy atom. The van der Waals surface area contributed by atoms with E-state index in [1.807, 2.05) is 0 Å². The van der Waals surface area contributed by atoms with Crippen LogP contribution in [0.25, 0.3) is 0 Å². The first-order valence-corrected chi connectivity index (χ1v) is 6.71. The lowest BCUT2D eigenvalue weighted by atomic mass is 9.84. The van der Waals surface area contributed by atoms with Crippen LogP contribution in [0.5, 0.6) is 0 Å². The molecule has 1 amide bonds. The van der Waals surface area contributed by atoms with Crippen molar-refractivity contribution in [1.82, 2.24) is 5.32 Å². The van der Waals surface area contributed by atoms with Gasteiger partial charge in [-0.25, -0.2) is 0 Å². The van der Waals surface area contributed by atoms with Crippen LogP contribution >= 0.6 is 0 Å². The van der Waals surface area contributed by atoms with Gasteiger partial charge in [-0.3, -0.25) is 4.79 Å². The van der Waals surface area contributed by atoms with Crippen LogP contribution in [0.2, 0.25) is 0 Å². The zero-order chi connectivity index (χ0) is 12.8. The Hall–Kier alpha value is -0.610. The van der Waals surface area contributed by atoms with Gasteiger partial charge >= 0.3 is 0 Å². The van der Waals surface area contributed by atoms with Gasteiger partial charge in [-0.2, -0.15) is 0 Å². The highest BCUT2D eigenvalue weighted by atomic mass is 16.3. The van der Waals surface area contributed by atoms with Crippen LogP contribution in [-0.2, 0) is 4.79 Å². The molecule has 1 aliphatic carbocycles. The first kappa shape index (κ1) is 14.5. The fourth-order valence-electron chi connectivity index (χ4n) is 2.54. The number of hydrogen-bond donors (Lipinski definition) is 3. The third kappa shape index (κ3) is 4.64. The fraction of sp³-hybridized carbons (Fsp3) is 0.923. The van der Waals surface area contributed by atoms with E-state index < -0.39 is 0 Å². The molecule has 1 fully saturated rings. The average Bonchev–Trinajstić information content (AvgIpc) is 2.27.